The zero-order valence-electron chi connectivity index (χ0n) is 12.3. The molecule has 1 N–H and O–H groups in total. The van der Waals surface area contributed by atoms with Crippen LogP contribution in [0.25, 0.3) is 0 Å². The number of carbonyl (C=O) groups excluding carboxylic acids is 2. The van der Waals surface area contributed by atoms with E-state index in [1.165, 1.54) is 0 Å². The normalized spacial score (nSPS) is 33.7. The Balaban J connectivity index is 2.18. The molecule has 0 aliphatic carbocycles. The van der Waals surface area contributed by atoms with Gasteiger partial charge in [0.15, 0.2) is 0 Å². The van der Waals surface area contributed by atoms with Crippen molar-refractivity contribution < 1.29 is 9.59 Å². The molecule has 2 fully saturated rings. The van der Waals surface area contributed by atoms with Gasteiger partial charge in [-0.3, -0.25) is 9.59 Å². The molecule has 2 aliphatic heterocycles. The van der Waals surface area contributed by atoms with Crippen molar-refractivity contribution in [2.75, 3.05) is 20.1 Å². The molecule has 5 heteroatoms. The van der Waals surface area contributed by atoms with Crippen LogP contribution in [-0.2, 0) is 9.59 Å². The van der Waals surface area contributed by atoms with E-state index in [9.17, 15) is 9.59 Å². The minimum absolute atomic E-state index is 0.00109. The SMILES string of the molecule is CC(C)C1C(=O)NCC(=O)N1C1CCN(C)C(C)C1. The van der Waals surface area contributed by atoms with Crippen LogP contribution in [0.3, 0.4) is 0 Å². The summed E-state index contributed by atoms with van der Waals surface area (Å²) < 4.78 is 0. The number of piperazine rings is 1. The summed E-state index contributed by atoms with van der Waals surface area (Å²) in [7, 11) is 2.12. The average molecular weight is 267 g/mol. The summed E-state index contributed by atoms with van der Waals surface area (Å²) in [5, 5.41) is 2.71. The van der Waals surface area contributed by atoms with Crippen LogP contribution >= 0.6 is 0 Å². The first-order chi connectivity index (χ1) is 8.91. The fourth-order valence-electron chi connectivity index (χ4n) is 3.21. The lowest BCUT2D eigenvalue weighted by atomic mass is 9.91. The fraction of sp³-hybridized carbons (Fsp3) is 0.857. The lowest BCUT2D eigenvalue weighted by Crippen LogP contribution is -2.64. The third kappa shape index (κ3) is 2.76. The maximum atomic E-state index is 12.2. The third-order valence-corrected chi connectivity index (χ3v) is 4.48. The molecule has 0 bridgehead atoms. The molecule has 2 aliphatic rings. The van der Waals surface area contributed by atoms with Crippen molar-refractivity contribution in [3.05, 3.63) is 0 Å². The first-order valence-electron chi connectivity index (χ1n) is 7.21. The first kappa shape index (κ1) is 14.3. The van der Waals surface area contributed by atoms with Crippen molar-refractivity contribution in [1.29, 1.82) is 0 Å². The Morgan fingerprint density at radius 2 is 2.00 bits per heavy atom. The zero-order valence-corrected chi connectivity index (χ0v) is 12.3. The standard InChI is InChI=1S/C14H25N3O2/c1-9(2)13-14(19)15-8-12(18)17(13)11-5-6-16(4)10(3)7-11/h9-11,13H,5-8H2,1-4H3,(H,15,19). The van der Waals surface area contributed by atoms with Gasteiger partial charge in [-0.15, -0.1) is 0 Å². The smallest absolute Gasteiger partial charge is 0.243 e. The second-order valence-electron chi connectivity index (χ2n) is 6.22. The minimum Gasteiger partial charge on any atom is -0.345 e. The van der Waals surface area contributed by atoms with E-state index < -0.39 is 0 Å². The predicted octanol–water partition coefficient (Wildman–Crippen LogP) is 0.452. The number of hydrogen-bond donors (Lipinski definition) is 1. The quantitative estimate of drug-likeness (QED) is 0.790. The van der Waals surface area contributed by atoms with Crippen LogP contribution in [0.4, 0.5) is 0 Å². The van der Waals surface area contributed by atoms with Gasteiger partial charge in [0.1, 0.15) is 6.04 Å². The molecule has 3 atom stereocenters. The lowest BCUT2D eigenvalue weighted by Gasteiger charge is -2.46. The van der Waals surface area contributed by atoms with Crippen molar-refractivity contribution in [2.45, 2.75) is 51.7 Å². The van der Waals surface area contributed by atoms with Crippen molar-refractivity contribution in [1.82, 2.24) is 15.1 Å². The van der Waals surface area contributed by atoms with Crippen molar-refractivity contribution in [3.8, 4) is 0 Å². The highest BCUT2D eigenvalue weighted by Crippen LogP contribution is 2.26. The van der Waals surface area contributed by atoms with Gasteiger partial charge in [-0.05, 0) is 32.7 Å². The maximum Gasteiger partial charge on any atom is 0.243 e. The van der Waals surface area contributed by atoms with Crippen LogP contribution < -0.4 is 5.32 Å². The number of amides is 2. The van der Waals surface area contributed by atoms with Gasteiger partial charge in [-0.1, -0.05) is 13.8 Å². The number of nitrogens with one attached hydrogen (secondary N) is 1. The second-order valence-corrected chi connectivity index (χ2v) is 6.22. The zero-order chi connectivity index (χ0) is 14.2. The van der Waals surface area contributed by atoms with Crippen LogP contribution in [0, 0.1) is 5.92 Å². The molecular weight excluding hydrogens is 242 g/mol. The van der Waals surface area contributed by atoms with Gasteiger partial charge in [0.2, 0.25) is 11.8 Å². The Bertz CT molecular complexity index is 370. The second kappa shape index (κ2) is 5.49. The highest BCUT2D eigenvalue weighted by molar-refractivity contribution is 5.95. The molecule has 2 amide bonds. The van der Waals surface area contributed by atoms with Crippen LogP contribution in [0.1, 0.15) is 33.6 Å². The van der Waals surface area contributed by atoms with Crippen LogP contribution in [0.15, 0.2) is 0 Å². The van der Waals surface area contributed by atoms with E-state index >= 15 is 0 Å². The fourth-order valence-corrected chi connectivity index (χ4v) is 3.21. The van der Waals surface area contributed by atoms with E-state index in [4.69, 9.17) is 0 Å². The van der Waals surface area contributed by atoms with Crippen LogP contribution in [0.2, 0.25) is 0 Å². The molecule has 0 aromatic heterocycles. The van der Waals surface area contributed by atoms with Crippen molar-refractivity contribution in [2.24, 2.45) is 5.92 Å². The van der Waals surface area contributed by atoms with Crippen LogP contribution in [0.5, 0.6) is 0 Å². The predicted molar refractivity (Wildman–Crippen MR) is 73.6 cm³/mol. The Morgan fingerprint density at radius 1 is 1.32 bits per heavy atom. The summed E-state index contributed by atoms with van der Waals surface area (Å²) >= 11 is 0. The summed E-state index contributed by atoms with van der Waals surface area (Å²) in [6.45, 7) is 7.35. The first-order valence-corrected chi connectivity index (χ1v) is 7.21. The summed E-state index contributed by atoms with van der Waals surface area (Å²) in [6, 6.07) is 0.364. The van der Waals surface area contributed by atoms with E-state index in [-0.39, 0.29) is 36.4 Å². The molecule has 2 heterocycles. The van der Waals surface area contributed by atoms with E-state index in [0.717, 1.165) is 19.4 Å². The van der Waals surface area contributed by atoms with Gasteiger partial charge in [0, 0.05) is 18.6 Å². The van der Waals surface area contributed by atoms with Gasteiger partial charge in [-0.2, -0.15) is 0 Å². The van der Waals surface area contributed by atoms with Gasteiger partial charge < -0.3 is 15.1 Å². The molecule has 0 aromatic carbocycles. The highest BCUT2D eigenvalue weighted by atomic mass is 16.2. The summed E-state index contributed by atoms with van der Waals surface area (Å²) in [6.07, 6.45) is 1.92. The number of rotatable bonds is 2. The lowest BCUT2D eigenvalue weighted by molar-refractivity contribution is -0.151. The van der Waals surface area contributed by atoms with Crippen molar-refractivity contribution >= 4 is 11.8 Å². The van der Waals surface area contributed by atoms with E-state index in [1.54, 1.807) is 0 Å². The number of hydrogen-bond acceptors (Lipinski definition) is 3. The summed E-state index contributed by atoms with van der Waals surface area (Å²) in [5.41, 5.74) is 0. The molecule has 108 valence electrons. The van der Waals surface area contributed by atoms with Gasteiger partial charge >= 0.3 is 0 Å². The molecule has 3 unspecified atom stereocenters. The number of nitrogens with zero attached hydrogens (tertiary/aromatic N) is 2. The molecule has 2 saturated heterocycles. The molecule has 0 saturated carbocycles. The molecular formula is C14H25N3O2. The Hall–Kier alpha value is -1.10. The number of carbonyl (C=O) groups is 2. The third-order valence-electron chi connectivity index (χ3n) is 4.48. The van der Waals surface area contributed by atoms with Gasteiger partial charge in [0.05, 0.1) is 6.54 Å². The summed E-state index contributed by atoms with van der Waals surface area (Å²) in [5.74, 6) is 0.223. The van der Waals surface area contributed by atoms with Crippen molar-refractivity contribution in [3.63, 3.8) is 0 Å². The monoisotopic (exact) mass is 267 g/mol. The van der Waals surface area contributed by atoms with Gasteiger partial charge in [-0.25, -0.2) is 0 Å². The average Bonchev–Trinajstić information content (AvgIpc) is 2.35. The van der Waals surface area contributed by atoms with Gasteiger partial charge in [0.25, 0.3) is 0 Å². The Kier molecular flexibility index (Phi) is 4.13. The Labute approximate surface area is 115 Å². The minimum atomic E-state index is -0.304. The van der Waals surface area contributed by atoms with E-state index in [1.807, 2.05) is 18.7 Å². The van der Waals surface area contributed by atoms with E-state index in [0.29, 0.717) is 6.04 Å². The Morgan fingerprint density at radius 3 is 2.58 bits per heavy atom. The molecule has 0 aromatic rings. The number of piperidine rings is 1. The van der Waals surface area contributed by atoms with E-state index in [2.05, 4.69) is 24.2 Å². The summed E-state index contributed by atoms with van der Waals surface area (Å²) in [4.78, 5) is 28.5. The molecule has 5 nitrogen and oxygen atoms in total. The molecule has 19 heavy (non-hydrogen) atoms. The number of likely N-dealkylation sites (tertiary alicyclic amines) is 1. The molecule has 0 spiro atoms. The topological polar surface area (TPSA) is 52.7 Å². The molecule has 0 radical (unpaired) electrons. The highest BCUT2D eigenvalue weighted by Gasteiger charge is 2.41. The largest absolute Gasteiger partial charge is 0.345 e. The molecule has 2 rings (SSSR count). The maximum absolute atomic E-state index is 12.2. The van der Waals surface area contributed by atoms with Crippen LogP contribution in [-0.4, -0.2) is 59.9 Å².